The van der Waals surface area contributed by atoms with Gasteiger partial charge in [0.05, 0.1) is 17.9 Å². The Morgan fingerprint density at radius 1 is 0.250 bits per heavy atom. The fourth-order valence-electron chi connectivity index (χ4n) is 7.01. The minimum absolute atomic E-state index is 0. The van der Waals surface area contributed by atoms with Gasteiger partial charge in [0.15, 0.2) is 0 Å². The third-order valence-electron chi connectivity index (χ3n) is 10.8. The molecule has 0 heterocycles. The molecule has 0 saturated carbocycles. The first kappa shape index (κ1) is 56.8. The Labute approximate surface area is 472 Å². The summed E-state index contributed by atoms with van der Waals surface area (Å²) in [6.07, 6.45) is 0. The maximum atomic E-state index is 11.2. The van der Waals surface area contributed by atoms with Gasteiger partial charge in [0.25, 0.3) is 0 Å². The number of ether oxygens (including phenoxy) is 6. The van der Waals surface area contributed by atoms with E-state index in [1.165, 1.54) is 36.4 Å². The summed E-state index contributed by atoms with van der Waals surface area (Å²) < 4.78 is 34.2. The molecule has 0 unspecified atom stereocenters. The summed E-state index contributed by atoms with van der Waals surface area (Å²) in [6, 6.07) is 71.6. The van der Waals surface area contributed by atoms with Gasteiger partial charge in [0, 0.05) is 34.9 Å². The van der Waals surface area contributed by atoms with Crippen molar-refractivity contribution in [2.24, 2.45) is 0 Å². The van der Waals surface area contributed by atoms with Crippen molar-refractivity contribution in [3.63, 3.8) is 0 Å². The van der Waals surface area contributed by atoms with E-state index in [0.717, 1.165) is 33.4 Å². The smallest absolute Gasteiger partial charge is 0.545 e. The summed E-state index contributed by atoms with van der Waals surface area (Å²) in [5, 5.41) is 33.7. The van der Waals surface area contributed by atoms with Gasteiger partial charge in [-0.1, -0.05) is 182 Å². The van der Waals surface area contributed by atoms with E-state index in [-0.39, 0.29) is 55.3 Å². The van der Waals surface area contributed by atoms with Gasteiger partial charge < -0.3 is 58.1 Å². The Hall–Kier alpha value is -8.52. The van der Waals surface area contributed by atoms with Gasteiger partial charge in [-0.25, -0.2) is 0 Å². The molecular weight excluding hydrogens is 1110 g/mol. The van der Waals surface area contributed by atoms with Crippen molar-refractivity contribution in [3.05, 3.63) is 287 Å². The van der Waals surface area contributed by atoms with Gasteiger partial charge in [-0.15, -0.1) is 0 Å². The second-order valence-electron chi connectivity index (χ2n) is 16.6. The standard InChI is InChI=1S/3C21H18O4.Tb/c3*22-21(23)18-11-19(24-14-16-7-3-1-4-8-16)13-20(12-18)25-15-17-9-5-2-6-10-17;/h3*1-13H,14-15H2,(H,22,23);/q;;;+3/p-3. The number of hydrogen-bond acceptors (Lipinski definition) is 12. The first-order chi connectivity index (χ1) is 36.6. The number of rotatable bonds is 21. The van der Waals surface area contributed by atoms with E-state index in [4.69, 9.17) is 28.4 Å². The minimum atomic E-state index is -1.27. The molecule has 0 atom stereocenters. The van der Waals surface area contributed by atoms with Crippen molar-refractivity contribution in [2.45, 2.75) is 39.6 Å². The Balaban J connectivity index is 0.000000184. The van der Waals surface area contributed by atoms with E-state index < -0.39 is 17.9 Å². The molecule has 9 rings (SSSR count). The summed E-state index contributed by atoms with van der Waals surface area (Å²) in [7, 11) is 0. The third kappa shape index (κ3) is 19.7. The molecular formula is C63H51O12Tb. The fourth-order valence-corrected chi connectivity index (χ4v) is 7.01. The van der Waals surface area contributed by atoms with Crippen LogP contribution in [0.1, 0.15) is 64.5 Å². The molecule has 0 amide bonds. The molecule has 0 spiro atoms. The van der Waals surface area contributed by atoms with Gasteiger partial charge in [-0.3, -0.25) is 0 Å². The van der Waals surface area contributed by atoms with Crippen LogP contribution in [0.4, 0.5) is 0 Å². The van der Waals surface area contributed by atoms with Crippen molar-refractivity contribution < 1.29 is 96.7 Å². The molecule has 0 radical (unpaired) electrons. The molecule has 0 aliphatic carbocycles. The zero-order valence-electron chi connectivity index (χ0n) is 41.0. The first-order valence-corrected chi connectivity index (χ1v) is 23.7. The Kier molecular flexibility index (Phi) is 22.9. The largest absolute Gasteiger partial charge is 3.00 e. The van der Waals surface area contributed by atoms with E-state index in [0.29, 0.717) is 74.1 Å². The van der Waals surface area contributed by atoms with Crippen LogP contribution < -0.4 is 43.7 Å². The van der Waals surface area contributed by atoms with Crippen molar-refractivity contribution in [1.29, 1.82) is 0 Å². The Morgan fingerprint density at radius 3 is 0.526 bits per heavy atom. The number of carboxylic acids is 3. The summed E-state index contributed by atoms with van der Waals surface area (Å²) in [5.74, 6) is -1.26. The van der Waals surface area contributed by atoms with Crippen molar-refractivity contribution >= 4 is 17.9 Å². The van der Waals surface area contributed by atoms with Gasteiger partial charge in [-0.05, 0) is 69.8 Å². The van der Waals surface area contributed by atoms with Crippen LogP contribution in [-0.4, -0.2) is 17.9 Å². The number of carbonyl (C=O) groups excluding carboxylic acids is 3. The van der Waals surface area contributed by atoms with Gasteiger partial charge in [-0.2, -0.15) is 0 Å². The normalized spacial score (nSPS) is 10.1. The predicted octanol–water partition coefficient (Wildman–Crippen LogP) is 9.62. The molecule has 0 fully saturated rings. The molecule has 0 aromatic heterocycles. The zero-order chi connectivity index (χ0) is 52.5. The molecule has 0 aliphatic rings. The summed E-state index contributed by atoms with van der Waals surface area (Å²) in [5.41, 5.74) is 6.03. The quantitative estimate of drug-likeness (QED) is 0.0667. The summed E-state index contributed by atoms with van der Waals surface area (Å²) >= 11 is 0. The second kappa shape index (κ2) is 30.6. The number of aromatic carboxylic acids is 3. The molecule has 0 bridgehead atoms. The predicted molar refractivity (Wildman–Crippen MR) is 277 cm³/mol. The number of carbonyl (C=O) groups is 3. The van der Waals surface area contributed by atoms with Crippen molar-refractivity contribution in [3.8, 4) is 34.5 Å². The number of carboxylic acid groups (broad SMARTS) is 3. The average molecular weight is 1160 g/mol. The maximum Gasteiger partial charge on any atom is 3.00 e. The monoisotopic (exact) mass is 1160 g/mol. The molecule has 13 heteroatoms. The van der Waals surface area contributed by atoms with Crippen LogP contribution >= 0.6 is 0 Å². The number of hydrogen-bond donors (Lipinski definition) is 0. The maximum absolute atomic E-state index is 11.2. The Bertz CT molecular complexity index is 2650. The van der Waals surface area contributed by atoms with Crippen LogP contribution in [0.25, 0.3) is 0 Å². The topological polar surface area (TPSA) is 176 Å². The van der Waals surface area contributed by atoms with Crippen LogP contribution in [0, 0.1) is 38.6 Å². The molecule has 9 aromatic rings. The van der Waals surface area contributed by atoms with Crippen LogP contribution in [-0.2, 0) is 39.6 Å². The van der Waals surface area contributed by atoms with Gasteiger partial charge in [0.2, 0.25) is 0 Å². The third-order valence-corrected chi connectivity index (χ3v) is 10.8. The fraction of sp³-hybridized carbons (Fsp3) is 0.0952. The van der Waals surface area contributed by atoms with Crippen LogP contribution in [0.3, 0.4) is 0 Å². The van der Waals surface area contributed by atoms with E-state index in [1.807, 2.05) is 182 Å². The molecule has 384 valence electrons. The van der Waals surface area contributed by atoms with E-state index >= 15 is 0 Å². The minimum Gasteiger partial charge on any atom is -0.545 e. The molecule has 76 heavy (non-hydrogen) atoms. The second-order valence-corrected chi connectivity index (χ2v) is 16.6. The average Bonchev–Trinajstić information content (AvgIpc) is 3.45. The van der Waals surface area contributed by atoms with Gasteiger partial charge >= 0.3 is 38.6 Å². The number of benzene rings is 9. The first-order valence-electron chi connectivity index (χ1n) is 23.7. The van der Waals surface area contributed by atoms with E-state index in [9.17, 15) is 29.7 Å². The summed E-state index contributed by atoms with van der Waals surface area (Å²) in [6.45, 7) is 2.06. The van der Waals surface area contributed by atoms with Crippen LogP contribution in [0.15, 0.2) is 237 Å². The molecule has 0 aliphatic heterocycles. The Morgan fingerprint density at radius 2 is 0.395 bits per heavy atom. The molecule has 0 N–H and O–H groups in total. The molecule has 9 aromatic carbocycles. The molecule has 12 nitrogen and oxygen atoms in total. The van der Waals surface area contributed by atoms with Crippen molar-refractivity contribution in [2.75, 3.05) is 0 Å². The van der Waals surface area contributed by atoms with Gasteiger partial charge in [0.1, 0.15) is 74.1 Å². The van der Waals surface area contributed by atoms with Crippen LogP contribution in [0.2, 0.25) is 0 Å². The summed E-state index contributed by atoms with van der Waals surface area (Å²) in [4.78, 5) is 33.7. The van der Waals surface area contributed by atoms with Crippen molar-refractivity contribution in [1.82, 2.24) is 0 Å². The van der Waals surface area contributed by atoms with E-state index in [2.05, 4.69) is 0 Å². The zero-order valence-corrected chi connectivity index (χ0v) is 43.1. The SMILES string of the molecule is O=C([O-])c1cc(OCc2ccccc2)cc(OCc2ccccc2)c1.O=C([O-])c1cc(OCc2ccccc2)cc(OCc2ccccc2)c1.O=C([O-])c1cc(OCc2ccccc2)cc(OCc2ccccc2)c1.[Tb+3]. The molecule has 0 saturated heterocycles. The van der Waals surface area contributed by atoms with Crippen LogP contribution in [0.5, 0.6) is 34.5 Å². The van der Waals surface area contributed by atoms with E-state index in [1.54, 1.807) is 18.2 Å².